The fourth-order valence-corrected chi connectivity index (χ4v) is 1.79. The van der Waals surface area contributed by atoms with Crippen LogP contribution in [0.25, 0.3) is 0 Å². The Labute approximate surface area is 76.5 Å². The quantitative estimate of drug-likeness (QED) is 0.597. The molecular formula is C9H12N2O2. The maximum atomic E-state index is 11.3. The number of aromatic nitrogens is 2. The summed E-state index contributed by atoms with van der Waals surface area (Å²) < 4.78 is 6.91. The second kappa shape index (κ2) is 2.96. The van der Waals surface area contributed by atoms with E-state index >= 15 is 0 Å². The molecule has 0 saturated heterocycles. The Kier molecular flexibility index (Phi) is 1.92. The Morgan fingerprint density at radius 2 is 2.38 bits per heavy atom. The largest absolute Gasteiger partial charge is 0.375 e. The van der Waals surface area contributed by atoms with Crippen LogP contribution in [-0.2, 0) is 24.8 Å². The van der Waals surface area contributed by atoms with Crippen molar-refractivity contribution < 1.29 is 9.53 Å². The molecule has 2 heterocycles. The number of hydrogen-bond donors (Lipinski definition) is 0. The molecule has 1 aromatic rings. The lowest BCUT2D eigenvalue weighted by molar-refractivity contribution is 0.0994. The van der Waals surface area contributed by atoms with Crippen LogP contribution >= 0.6 is 0 Å². The second-order valence-corrected chi connectivity index (χ2v) is 3.26. The SMILES string of the molecule is CC(=O)c1c2c(nn1C)COCC2. The maximum absolute atomic E-state index is 11.3. The fraction of sp³-hybridized carbons (Fsp3) is 0.556. The van der Waals surface area contributed by atoms with Crippen molar-refractivity contribution in [1.29, 1.82) is 0 Å². The number of aryl methyl sites for hydroxylation is 1. The van der Waals surface area contributed by atoms with Gasteiger partial charge in [0.05, 0.1) is 18.9 Å². The summed E-state index contributed by atoms with van der Waals surface area (Å²) >= 11 is 0. The summed E-state index contributed by atoms with van der Waals surface area (Å²) in [5.41, 5.74) is 2.72. The van der Waals surface area contributed by atoms with E-state index in [0.717, 1.165) is 23.4 Å². The van der Waals surface area contributed by atoms with Crippen LogP contribution < -0.4 is 0 Å². The highest BCUT2D eigenvalue weighted by Crippen LogP contribution is 2.19. The lowest BCUT2D eigenvalue weighted by Crippen LogP contribution is -2.11. The Hall–Kier alpha value is -1.16. The normalized spacial score (nSPS) is 15.5. The minimum Gasteiger partial charge on any atom is -0.375 e. The summed E-state index contributed by atoms with van der Waals surface area (Å²) in [6.07, 6.45) is 0.804. The van der Waals surface area contributed by atoms with Crippen LogP contribution in [0.2, 0.25) is 0 Å². The van der Waals surface area contributed by atoms with Crippen molar-refractivity contribution in [2.45, 2.75) is 20.0 Å². The number of fused-ring (bicyclic) bond motifs is 1. The molecule has 1 aliphatic heterocycles. The molecule has 1 aromatic heterocycles. The number of carbonyl (C=O) groups is 1. The molecule has 0 radical (unpaired) electrons. The highest BCUT2D eigenvalue weighted by molar-refractivity contribution is 5.94. The molecule has 0 unspecified atom stereocenters. The van der Waals surface area contributed by atoms with E-state index in [4.69, 9.17) is 4.74 Å². The molecule has 0 bridgehead atoms. The van der Waals surface area contributed by atoms with E-state index in [9.17, 15) is 4.79 Å². The molecule has 1 aliphatic rings. The average Bonchev–Trinajstić information content (AvgIpc) is 2.39. The van der Waals surface area contributed by atoms with Crippen LogP contribution in [0.15, 0.2) is 0 Å². The highest BCUT2D eigenvalue weighted by atomic mass is 16.5. The Bertz CT molecular complexity index is 355. The molecule has 2 rings (SSSR count). The second-order valence-electron chi connectivity index (χ2n) is 3.26. The lowest BCUT2D eigenvalue weighted by atomic mass is 10.1. The van der Waals surface area contributed by atoms with Gasteiger partial charge in [-0.3, -0.25) is 9.48 Å². The van der Waals surface area contributed by atoms with Crippen LogP contribution in [0, 0.1) is 0 Å². The minimum absolute atomic E-state index is 0.0816. The van der Waals surface area contributed by atoms with Crippen molar-refractivity contribution in [3.8, 4) is 0 Å². The van der Waals surface area contributed by atoms with Gasteiger partial charge in [0, 0.05) is 19.5 Å². The number of rotatable bonds is 1. The van der Waals surface area contributed by atoms with Crippen LogP contribution in [0.3, 0.4) is 0 Å². The van der Waals surface area contributed by atoms with Gasteiger partial charge in [-0.2, -0.15) is 5.10 Å². The zero-order chi connectivity index (χ0) is 9.42. The van der Waals surface area contributed by atoms with Crippen molar-refractivity contribution >= 4 is 5.78 Å². The van der Waals surface area contributed by atoms with Gasteiger partial charge in [0.1, 0.15) is 5.69 Å². The number of nitrogens with zero attached hydrogens (tertiary/aromatic N) is 2. The van der Waals surface area contributed by atoms with Gasteiger partial charge < -0.3 is 4.74 Å². The molecule has 0 amide bonds. The van der Waals surface area contributed by atoms with Gasteiger partial charge >= 0.3 is 0 Å². The number of ether oxygens (including phenoxy) is 1. The summed E-state index contributed by atoms with van der Waals surface area (Å²) in [4.78, 5) is 11.3. The van der Waals surface area contributed by atoms with E-state index in [1.54, 1.807) is 18.7 Å². The third-order valence-corrected chi connectivity index (χ3v) is 2.30. The van der Waals surface area contributed by atoms with Crippen molar-refractivity contribution in [3.63, 3.8) is 0 Å². The van der Waals surface area contributed by atoms with E-state index < -0.39 is 0 Å². The van der Waals surface area contributed by atoms with Gasteiger partial charge in [-0.1, -0.05) is 0 Å². The third kappa shape index (κ3) is 1.27. The molecule has 0 atom stereocenters. The first kappa shape index (κ1) is 8.44. The predicted octanol–water partition coefficient (Wildman–Crippen LogP) is 0.695. The van der Waals surface area contributed by atoms with E-state index in [0.29, 0.717) is 13.2 Å². The summed E-state index contributed by atoms with van der Waals surface area (Å²) in [5, 5.41) is 4.24. The number of carbonyl (C=O) groups excluding carboxylic acids is 1. The summed E-state index contributed by atoms with van der Waals surface area (Å²) in [7, 11) is 1.80. The highest BCUT2D eigenvalue weighted by Gasteiger charge is 2.21. The zero-order valence-corrected chi connectivity index (χ0v) is 7.83. The number of hydrogen-bond acceptors (Lipinski definition) is 3. The van der Waals surface area contributed by atoms with Gasteiger partial charge in [0.2, 0.25) is 0 Å². The first-order valence-corrected chi connectivity index (χ1v) is 4.33. The molecule has 0 aromatic carbocycles. The zero-order valence-electron chi connectivity index (χ0n) is 7.83. The Morgan fingerprint density at radius 3 is 3.08 bits per heavy atom. The monoisotopic (exact) mass is 180 g/mol. The van der Waals surface area contributed by atoms with E-state index in [2.05, 4.69) is 5.10 Å². The molecular weight excluding hydrogens is 168 g/mol. The molecule has 0 N–H and O–H groups in total. The van der Waals surface area contributed by atoms with E-state index in [-0.39, 0.29) is 5.78 Å². The van der Waals surface area contributed by atoms with Crippen LogP contribution in [-0.4, -0.2) is 22.2 Å². The van der Waals surface area contributed by atoms with Gasteiger partial charge in [-0.05, 0) is 6.42 Å². The van der Waals surface area contributed by atoms with Gasteiger partial charge in [-0.15, -0.1) is 0 Å². The van der Waals surface area contributed by atoms with Crippen LogP contribution in [0.1, 0.15) is 28.7 Å². The van der Waals surface area contributed by atoms with Gasteiger partial charge in [0.25, 0.3) is 0 Å². The van der Waals surface area contributed by atoms with E-state index in [1.807, 2.05) is 0 Å². The van der Waals surface area contributed by atoms with Crippen LogP contribution in [0.4, 0.5) is 0 Å². The summed E-state index contributed by atoms with van der Waals surface area (Å²) in [6, 6.07) is 0. The Balaban J connectivity index is 2.54. The first-order chi connectivity index (χ1) is 6.20. The maximum Gasteiger partial charge on any atom is 0.178 e. The van der Waals surface area contributed by atoms with Gasteiger partial charge in [-0.25, -0.2) is 0 Å². The Morgan fingerprint density at radius 1 is 1.62 bits per heavy atom. The standard InChI is InChI=1S/C9H12N2O2/c1-6(12)9-7-3-4-13-5-8(7)10-11(9)2/h3-5H2,1-2H3. The fourth-order valence-electron chi connectivity index (χ4n) is 1.79. The average molecular weight is 180 g/mol. The lowest BCUT2D eigenvalue weighted by Gasteiger charge is -2.10. The molecule has 4 heteroatoms. The molecule has 0 fully saturated rings. The van der Waals surface area contributed by atoms with Crippen molar-refractivity contribution in [2.75, 3.05) is 6.61 Å². The molecule has 0 spiro atoms. The number of Topliss-reactive ketones (excluding diaryl/α,β-unsaturated/α-hetero) is 1. The minimum atomic E-state index is 0.0816. The van der Waals surface area contributed by atoms with Crippen LogP contribution in [0.5, 0.6) is 0 Å². The summed E-state index contributed by atoms with van der Waals surface area (Å²) in [5.74, 6) is 0.0816. The van der Waals surface area contributed by atoms with Gasteiger partial charge in [0.15, 0.2) is 5.78 Å². The first-order valence-electron chi connectivity index (χ1n) is 4.33. The predicted molar refractivity (Wildman–Crippen MR) is 46.6 cm³/mol. The number of ketones is 1. The van der Waals surface area contributed by atoms with E-state index in [1.165, 1.54) is 0 Å². The molecule has 4 nitrogen and oxygen atoms in total. The molecule has 0 saturated carbocycles. The smallest absolute Gasteiger partial charge is 0.178 e. The van der Waals surface area contributed by atoms with Crippen molar-refractivity contribution in [3.05, 3.63) is 17.0 Å². The molecule has 70 valence electrons. The summed E-state index contributed by atoms with van der Waals surface area (Å²) in [6.45, 7) is 2.81. The molecule has 13 heavy (non-hydrogen) atoms. The van der Waals surface area contributed by atoms with Crippen molar-refractivity contribution in [2.24, 2.45) is 7.05 Å². The molecule has 0 aliphatic carbocycles. The van der Waals surface area contributed by atoms with Crippen molar-refractivity contribution in [1.82, 2.24) is 9.78 Å². The third-order valence-electron chi connectivity index (χ3n) is 2.30. The topological polar surface area (TPSA) is 44.1 Å².